The summed E-state index contributed by atoms with van der Waals surface area (Å²) in [6, 6.07) is 8.39. The van der Waals surface area contributed by atoms with Crippen LogP contribution in [0.15, 0.2) is 18.2 Å². The van der Waals surface area contributed by atoms with Gasteiger partial charge in [0.1, 0.15) is 5.54 Å². The molecule has 4 unspecified atom stereocenters. The lowest BCUT2D eigenvalue weighted by atomic mass is 9.96. The number of fused-ring (bicyclic) bond motifs is 2. The van der Waals surface area contributed by atoms with Crippen molar-refractivity contribution in [3.05, 3.63) is 29.3 Å². The second-order valence-corrected chi connectivity index (χ2v) is 12.7. The summed E-state index contributed by atoms with van der Waals surface area (Å²) >= 11 is 0. The second-order valence-electron chi connectivity index (χ2n) is 11.1. The van der Waals surface area contributed by atoms with E-state index in [4.69, 9.17) is 24.2 Å². The van der Waals surface area contributed by atoms with Crippen LogP contribution >= 0.6 is 10.9 Å². The Morgan fingerprint density at radius 3 is 2.71 bits per heavy atom. The molecule has 4 fully saturated rings. The smallest absolute Gasteiger partial charge is 0.290 e. The van der Waals surface area contributed by atoms with Crippen LogP contribution in [0.2, 0.25) is 0 Å². The van der Waals surface area contributed by atoms with Crippen LogP contribution in [0, 0.1) is 18.3 Å². The molecule has 4 aliphatic rings. The van der Waals surface area contributed by atoms with Crippen LogP contribution in [0.1, 0.15) is 43.2 Å². The van der Waals surface area contributed by atoms with E-state index in [-0.39, 0.29) is 24.7 Å². The number of nitrogens with zero attached hydrogens (tertiary/aromatic N) is 5. The molecule has 0 radical (unpaired) electrons. The number of anilines is 1. The van der Waals surface area contributed by atoms with Crippen molar-refractivity contribution in [2.45, 2.75) is 56.9 Å². The molecule has 2 N–H and O–H groups in total. The fourth-order valence-electron chi connectivity index (χ4n) is 6.44. The molecule has 1 amide bonds. The number of nitrogens with one attached hydrogen (secondary N) is 1. The molecule has 1 aromatic carbocycles. The number of methoxy groups -OCH3 is 1. The maximum atomic E-state index is 13.9. The minimum Gasteiger partial charge on any atom is -0.483 e. The van der Waals surface area contributed by atoms with E-state index in [1.807, 2.05) is 12.1 Å². The van der Waals surface area contributed by atoms with Gasteiger partial charge in [0.05, 0.1) is 18.2 Å². The van der Waals surface area contributed by atoms with Crippen molar-refractivity contribution >= 4 is 34.8 Å². The Morgan fingerprint density at radius 2 is 2.07 bits per heavy atom. The molecular weight excluding hydrogens is 560 g/mol. The second kappa shape index (κ2) is 15.2. The summed E-state index contributed by atoms with van der Waals surface area (Å²) in [6.07, 6.45) is 4.23. The third kappa shape index (κ3) is 7.31. The predicted molar refractivity (Wildman–Crippen MR) is 162 cm³/mol. The Kier molecular flexibility index (Phi) is 11.7. The lowest BCUT2D eigenvalue weighted by Crippen LogP contribution is -2.67. The van der Waals surface area contributed by atoms with Crippen LogP contribution in [-0.2, 0) is 23.9 Å². The number of nitriles is 1. The minimum absolute atomic E-state index is 0.0886. The fourth-order valence-corrected chi connectivity index (χ4v) is 8.43. The number of hydrogen-bond donors (Lipinski definition) is 2. The van der Waals surface area contributed by atoms with Crippen molar-refractivity contribution in [3.63, 3.8) is 0 Å². The van der Waals surface area contributed by atoms with Gasteiger partial charge in [-0.2, -0.15) is 5.26 Å². The topological polar surface area (TPSA) is 131 Å². The van der Waals surface area contributed by atoms with Gasteiger partial charge in [0.15, 0.2) is 6.29 Å². The first-order valence-electron chi connectivity index (χ1n) is 14.6. The number of amides is 1. The predicted octanol–water partition coefficient (Wildman–Crippen LogP) is 1.96. The van der Waals surface area contributed by atoms with Gasteiger partial charge in [-0.05, 0) is 62.2 Å². The lowest BCUT2D eigenvalue weighted by molar-refractivity contribution is -0.205. The van der Waals surface area contributed by atoms with E-state index >= 15 is 0 Å². The Bertz CT molecular complexity index is 1140. The molecule has 5 rings (SSSR count). The largest absolute Gasteiger partial charge is 0.483 e. The summed E-state index contributed by atoms with van der Waals surface area (Å²) in [4.78, 5) is 32.8. The summed E-state index contributed by atoms with van der Waals surface area (Å²) in [5, 5.41) is 16.1. The maximum Gasteiger partial charge on any atom is 0.290 e. The van der Waals surface area contributed by atoms with Gasteiger partial charge >= 0.3 is 0 Å². The highest BCUT2D eigenvalue weighted by atomic mass is 32.2. The van der Waals surface area contributed by atoms with Crippen LogP contribution in [0.4, 0.5) is 5.69 Å². The average molecular weight is 605 g/mol. The number of carbonyl (C=O) groups excluding carboxylic acids is 1. The number of hydrogen-bond acceptors (Lipinski definition) is 10. The highest BCUT2D eigenvalue weighted by Gasteiger charge is 2.57. The highest BCUT2D eigenvalue weighted by Crippen LogP contribution is 2.47. The molecule has 0 spiro atoms. The van der Waals surface area contributed by atoms with E-state index in [1.54, 1.807) is 7.11 Å². The van der Waals surface area contributed by atoms with E-state index in [9.17, 15) is 10.1 Å². The Balaban J connectivity index is 0.00000129. The summed E-state index contributed by atoms with van der Waals surface area (Å²) in [5.41, 5.74) is 5.11. The molecule has 42 heavy (non-hydrogen) atoms. The van der Waals surface area contributed by atoms with Gasteiger partial charge in [-0.15, -0.1) is 0 Å². The first-order valence-corrected chi connectivity index (χ1v) is 15.9. The number of ether oxygens (including phenoxy) is 2. The van der Waals surface area contributed by atoms with E-state index < -0.39 is 16.4 Å². The first-order chi connectivity index (χ1) is 20.4. The van der Waals surface area contributed by atoms with Gasteiger partial charge < -0.3 is 19.5 Å². The zero-order valence-electron chi connectivity index (χ0n) is 24.7. The average Bonchev–Trinajstić information content (AvgIpc) is 3.26. The maximum absolute atomic E-state index is 13.9. The number of rotatable bonds is 9. The first kappa shape index (κ1) is 32.3. The van der Waals surface area contributed by atoms with E-state index in [0.717, 1.165) is 76.9 Å². The monoisotopic (exact) mass is 604 g/mol. The van der Waals surface area contributed by atoms with E-state index in [1.165, 1.54) is 5.69 Å². The van der Waals surface area contributed by atoms with Crippen molar-refractivity contribution in [2.24, 2.45) is 0 Å². The van der Waals surface area contributed by atoms with Crippen LogP contribution in [0.3, 0.4) is 0 Å². The number of likely N-dealkylation sites (tertiary alicyclic amines) is 1. The van der Waals surface area contributed by atoms with Gasteiger partial charge in [-0.1, -0.05) is 10.9 Å². The van der Waals surface area contributed by atoms with E-state index in [2.05, 4.69) is 48.8 Å². The molecule has 232 valence electrons. The molecule has 4 aliphatic heterocycles. The highest BCUT2D eigenvalue weighted by molar-refractivity contribution is 8.10. The Labute approximate surface area is 251 Å². The zero-order valence-corrected chi connectivity index (χ0v) is 25.5. The van der Waals surface area contributed by atoms with Gasteiger partial charge in [-0.25, -0.2) is 18.9 Å². The third-order valence-electron chi connectivity index (χ3n) is 8.48. The number of carbonyl (C=O) groups is 2. The molecule has 1 aromatic rings. The standard InChI is InChI=1S/C28H42N6O4S.CH2O2/c1-22-18-23(19-29)7-8-25(22)32-11-13-33(14-12-32)39(3)34-24-9-10-28(34,21-31(20-24)15-17-36-2)27(35)30-38-26-6-4-5-16-37-26;2-1-3/h7-8,18,24,26H,3-6,9-17,20-21H2,1-2H3,(H,30,35);1H,(H,2,3). The molecule has 13 heteroatoms. The van der Waals surface area contributed by atoms with Crippen molar-refractivity contribution < 1.29 is 29.0 Å². The number of carboxylic acid groups (broad SMARTS) is 1. The van der Waals surface area contributed by atoms with E-state index in [0.29, 0.717) is 25.3 Å². The number of hydroxylamine groups is 1. The quantitative estimate of drug-likeness (QED) is 0.244. The molecule has 0 aliphatic carbocycles. The summed E-state index contributed by atoms with van der Waals surface area (Å²) < 4.78 is 15.9. The van der Waals surface area contributed by atoms with Gasteiger partial charge in [0.2, 0.25) is 0 Å². The summed E-state index contributed by atoms with van der Waals surface area (Å²) in [7, 11) is 1.25. The third-order valence-corrected chi connectivity index (χ3v) is 10.5. The molecule has 0 saturated carbocycles. The molecule has 4 saturated heterocycles. The molecule has 2 bridgehead atoms. The number of benzene rings is 1. The van der Waals surface area contributed by atoms with Crippen LogP contribution < -0.4 is 10.4 Å². The number of piperazine rings is 2. The Hall–Kier alpha value is -2.57. The normalized spacial score (nSPS) is 27.4. The van der Waals surface area contributed by atoms with Gasteiger partial charge in [0, 0.05) is 77.7 Å². The number of aryl methyl sites for hydroxylation is 1. The van der Waals surface area contributed by atoms with Crippen LogP contribution in [-0.4, -0.2) is 121 Å². The molecule has 12 nitrogen and oxygen atoms in total. The van der Waals surface area contributed by atoms with Crippen LogP contribution in [0.5, 0.6) is 0 Å². The summed E-state index contributed by atoms with van der Waals surface area (Å²) in [6.45, 7) is 8.97. The Morgan fingerprint density at radius 1 is 1.31 bits per heavy atom. The van der Waals surface area contributed by atoms with Crippen molar-refractivity contribution in [2.75, 3.05) is 71.0 Å². The fraction of sp³-hybridized carbons (Fsp3) is 0.655. The molecule has 4 heterocycles. The lowest BCUT2D eigenvalue weighted by Gasteiger charge is -2.51. The van der Waals surface area contributed by atoms with Gasteiger partial charge in [0.25, 0.3) is 12.4 Å². The minimum atomic E-state index is -0.697. The van der Waals surface area contributed by atoms with Crippen LogP contribution in [0.25, 0.3) is 0 Å². The zero-order chi connectivity index (χ0) is 30.1. The SMILES string of the molecule is C=S(N1CCN(c2ccc(C#N)cc2C)CC1)N1C2CCC1(C(=O)NOC1CCCCO1)CN(CCOC)C2.O=CO. The molecule has 4 atom stereocenters. The van der Waals surface area contributed by atoms with Crippen molar-refractivity contribution in [1.82, 2.24) is 19.0 Å². The summed E-state index contributed by atoms with van der Waals surface area (Å²) in [5.74, 6) is 4.58. The molecular formula is C29H44N6O6S. The van der Waals surface area contributed by atoms with Gasteiger partial charge in [-0.3, -0.25) is 14.5 Å². The van der Waals surface area contributed by atoms with Crippen molar-refractivity contribution in [3.8, 4) is 6.07 Å². The van der Waals surface area contributed by atoms with Crippen molar-refractivity contribution in [1.29, 1.82) is 5.26 Å². The molecule has 0 aromatic heterocycles.